The third kappa shape index (κ3) is 27.4. The number of aryl methyl sites for hydroxylation is 4. The molecule has 0 spiro atoms. The van der Waals surface area contributed by atoms with E-state index in [1.807, 2.05) is 57.2 Å². The lowest BCUT2D eigenvalue weighted by Gasteiger charge is -2.34. The van der Waals surface area contributed by atoms with E-state index in [-0.39, 0.29) is 30.8 Å². The van der Waals surface area contributed by atoms with Crippen LogP contribution in [0.5, 0.6) is 5.75 Å². The number of tetrazole rings is 1. The number of rotatable bonds is 45. The number of aliphatic carboxylic acids is 1. The number of azide groups is 1. The average molecular weight is 1560 g/mol. The molecule has 0 fully saturated rings. The van der Waals surface area contributed by atoms with E-state index in [1.165, 1.54) is 38.4 Å². The lowest BCUT2D eigenvalue weighted by molar-refractivity contribution is -0.143. The van der Waals surface area contributed by atoms with Crippen LogP contribution in [0.4, 0.5) is 4.39 Å². The Kier molecular flexibility index (Phi) is 33.8. The molecule has 0 saturated carbocycles. The second kappa shape index (κ2) is 42.7. The zero-order valence-electron chi connectivity index (χ0n) is 63.8. The van der Waals surface area contributed by atoms with Gasteiger partial charge < -0.3 is 83.9 Å². The number of nitrogens with two attached hydrogens (primary N) is 1. The maximum Gasteiger partial charge on any atom is 0.305 e. The van der Waals surface area contributed by atoms with Crippen LogP contribution in [0.15, 0.2) is 103 Å². The summed E-state index contributed by atoms with van der Waals surface area (Å²) in [6.07, 6.45) is 0.341. The van der Waals surface area contributed by atoms with Crippen molar-refractivity contribution in [2.45, 2.75) is 193 Å². The standard InChI is InChI=1S/C75H99FN20O16/c1-10-48-34-52(112-29-14-13-27-83-94-78)24-25-53(48)49-22-20-46(21-23-49)33-56(67(105)85-55(64(77)102)19-15-16-47-31-41(2)30-42(3)32-47)87-68(106)58(36-61(100)101)86-65(103)43(4)84-69(107)62(44(5)97)90-73(111)75(9,37-50-17-11-12-18-54(50)76)91-70(108)63(45(6)98)89-60(99)39-81-66(104)57(35-59-92-95-96-93-59)88-72(110)74(7,8)71(109)80-28-26-51-38-79-40-82-51/h11-12,17-18,20-25,30-32,34,38,40,43-45,55-58,62-63,97-98H,10,13-16,19,26-29,33,35-37,39H2,1-9H3,(H2,77,102)(H,79,82)(H,80,109)(H,81,104)(H,84,107)(H,85,105)(H,86,103)(H,87,106)(H,88,110)(H,89,99)(H,90,111)(H,91,108)(H,100,101)(H,92,93,95,96)/t43-,44+,45+,55-,56-,57-,58-,62-,63-,75-/m0/s1. The summed E-state index contributed by atoms with van der Waals surface area (Å²) in [7, 11) is 0. The van der Waals surface area contributed by atoms with Crippen molar-refractivity contribution in [2.75, 3.05) is 26.2 Å². The first-order chi connectivity index (χ1) is 53.1. The van der Waals surface area contributed by atoms with E-state index in [4.69, 9.17) is 16.0 Å². The quantitative estimate of drug-likeness (QED) is 0.00831. The minimum atomic E-state index is -2.36. The van der Waals surface area contributed by atoms with Crippen LogP contribution >= 0.6 is 0 Å². The van der Waals surface area contributed by atoms with Crippen molar-refractivity contribution in [3.8, 4) is 16.9 Å². The molecule has 10 atom stereocenters. The summed E-state index contributed by atoms with van der Waals surface area (Å²) in [4.78, 5) is 176. The monoisotopic (exact) mass is 1550 g/mol. The number of halogens is 1. The van der Waals surface area contributed by atoms with Crippen LogP contribution in [0.3, 0.4) is 0 Å². The number of hydrogen-bond donors (Lipinski definition) is 16. The molecule has 2 heterocycles. The molecule has 37 heteroatoms. The van der Waals surface area contributed by atoms with Crippen LogP contribution in [0.2, 0.25) is 0 Å². The van der Waals surface area contributed by atoms with Crippen LogP contribution in [0.25, 0.3) is 21.6 Å². The topological polar surface area (TPSA) is 553 Å². The van der Waals surface area contributed by atoms with Crippen molar-refractivity contribution < 1.29 is 82.0 Å². The molecule has 36 nitrogen and oxygen atoms in total. The number of aromatic amines is 2. The van der Waals surface area contributed by atoms with Gasteiger partial charge in [0.25, 0.3) is 0 Å². The number of nitrogens with zero attached hydrogens (tertiary/aromatic N) is 7. The number of aromatic nitrogens is 6. The average Bonchev–Trinajstić information content (AvgIpc) is 0.996. The number of benzene rings is 4. The smallest absolute Gasteiger partial charge is 0.305 e. The van der Waals surface area contributed by atoms with Crippen molar-refractivity contribution in [3.05, 3.63) is 159 Å². The minimum absolute atomic E-state index is 0.0584. The number of hydrogen-bond acceptors (Lipinski definition) is 20. The van der Waals surface area contributed by atoms with E-state index in [0.717, 1.165) is 67.1 Å². The number of carboxylic acids is 1. The van der Waals surface area contributed by atoms with E-state index >= 15 is 4.39 Å². The normalized spacial score (nSPS) is 14.1. The second-order valence-electron chi connectivity index (χ2n) is 27.9. The highest BCUT2D eigenvalue weighted by atomic mass is 19.1. The van der Waals surface area contributed by atoms with Gasteiger partial charge in [-0.1, -0.05) is 95.1 Å². The van der Waals surface area contributed by atoms with Gasteiger partial charge in [-0.25, -0.2) is 9.37 Å². The third-order valence-corrected chi connectivity index (χ3v) is 18.2. The highest BCUT2D eigenvalue weighted by Crippen LogP contribution is 2.29. The first kappa shape index (κ1) is 88.7. The molecule has 0 radical (unpaired) electrons. The van der Waals surface area contributed by atoms with Gasteiger partial charge in [0.05, 0.1) is 38.1 Å². The molecule has 0 aliphatic rings. The van der Waals surface area contributed by atoms with Gasteiger partial charge in [0.2, 0.25) is 65.0 Å². The summed E-state index contributed by atoms with van der Waals surface area (Å²) in [5.41, 5.74) is 17.0. The van der Waals surface area contributed by atoms with E-state index in [9.17, 15) is 72.9 Å². The van der Waals surface area contributed by atoms with Crippen LogP contribution in [0.1, 0.15) is 125 Å². The van der Waals surface area contributed by atoms with Crippen molar-refractivity contribution in [1.29, 1.82) is 0 Å². The molecule has 0 saturated heterocycles. The van der Waals surface area contributed by atoms with E-state index in [2.05, 4.69) is 93.8 Å². The zero-order chi connectivity index (χ0) is 82.4. The van der Waals surface area contributed by atoms with E-state index < -0.39 is 168 Å². The van der Waals surface area contributed by atoms with Gasteiger partial charge in [-0.15, -0.1) is 10.2 Å². The Balaban J connectivity index is 1.16. The second-order valence-corrected chi connectivity index (χ2v) is 27.9. The number of aliphatic hydroxyl groups excluding tert-OH is 2. The molecule has 17 N–H and O–H groups in total. The van der Waals surface area contributed by atoms with E-state index in [1.54, 1.807) is 30.5 Å². The number of carboxylic acid groups (broad SMARTS) is 1. The van der Waals surface area contributed by atoms with Crippen molar-refractivity contribution in [1.82, 2.24) is 83.8 Å². The molecular weight excluding hydrogens is 1460 g/mol. The number of amides is 11. The SMILES string of the molecule is CCc1cc(OCCCCN=[N+]=[N-])ccc1-c1ccc(C[C@H](NC(=O)[C@H](CC(=O)O)NC(=O)[C@H](C)NC(=O)[C@@H](NC(=O)[C@](C)(Cc2ccccc2F)NC(=O)[C@@H](NC(=O)CNC(=O)[C@H](Cc2nn[nH]n2)NC(=O)C(C)(C)C(=O)NCCc2cnc[nH]2)[C@@H](C)O)[C@@H](C)O)C(=O)N[C@@H](CCCc2cc(C)cc(C)c2)C(N)=O)cc1. The summed E-state index contributed by atoms with van der Waals surface area (Å²) in [5.74, 6) is -13.6. The number of ether oxygens (including phenoxy) is 1. The van der Waals surface area contributed by atoms with Crippen molar-refractivity contribution in [2.24, 2.45) is 16.3 Å². The number of nitrogens with one attached hydrogen (secondary N) is 12. The van der Waals surface area contributed by atoms with Crippen molar-refractivity contribution >= 4 is 70.9 Å². The third-order valence-electron chi connectivity index (χ3n) is 18.2. The predicted molar refractivity (Wildman–Crippen MR) is 403 cm³/mol. The molecule has 0 aliphatic heterocycles. The maximum atomic E-state index is 15.5. The van der Waals surface area contributed by atoms with Gasteiger partial charge >= 0.3 is 5.97 Å². The molecule has 11 amide bonds. The largest absolute Gasteiger partial charge is 0.494 e. The van der Waals surface area contributed by atoms with Crippen LogP contribution in [-0.4, -0.2) is 203 Å². The van der Waals surface area contributed by atoms with Crippen molar-refractivity contribution in [3.63, 3.8) is 0 Å². The molecule has 112 heavy (non-hydrogen) atoms. The highest BCUT2D eigenvalue weighted by Gasteiger charge is 2.43. The molecule has 6 rings (SSSR count). The van der Waals surface area contributed by atoms with Gasteiger partial charge in [-0.05, 0) is 151 Å². The Bertz CT molecular complexity index is 4290. The number of aliphatic hydroxyl groups is 2. The zero-order valence-corrected chi connectivity index (χ0v) is 63.8. The van der Waals surface area contributed by atoms with Gasteiger partial charge in [-0.2, -0.15) is 5.21 Å². The molecule has 2 aromatic heterocycles. The first-order valence-electron chi connectivity index (χ1n) is 36.4. The molecule has 6 aromatic rings. The summed E-state index contributed by atoms with van der Waals surface area (Å²) < 4.78 is 21.5. The molecular formula is C75H99FN20O16. The molecule has 0 aliphatic carbocycles. The van der Waals surface area contributed by atoms with Crippen LogP contribution in [-0.2, 0) is 96.1 Å². The number of imidazole rings is 1. The highest BCUT2D eigenvalue weighted by molar-refractivity contribution is 6.06. The summed E-state index contributed by atoms with van der Waals surface area (Å²) in [5, 5.41) is 73.2. The summed E-state index contributed by atoms with van der Waals surface area (Å²) >= 11 is 0. The van der Waals surface area contributed by atoms with Crippen LogP contribution < -0.4 is 63.6 Å². The Labute approximate surface area is 645 Å². The Morgan fingerprint density at radius 2 is 1.34 bits per heavy atom. The lowest BCUT2D eigenvalue weighted by atomic mass is 9.90. The number of carbonyl (C=O) groups is 12. The van der Waals surface area contributed by atoms with Gasteiger partial charge in [0.1, 0.15) is 64.8 Å². The molecule has 4 aromatic carbocycles. The number of primary amides is 1. The fourth-order valence-corrected chi connectivity index (χ4v) is 11.9. The first-order valence-corrected chi connectivity index (χ1v) is 36.4. The summed E-state index contributed by atoms with van der Waals surface area (Å²) in [6, 6.07) is 11.8. The maximum absolute atomic E-state index is 15.5. The lowest BCUT2D eigenvalue weighted by Crippen LogP contribution is -2.66. The number of unbranched alkanes of at least 4 members (excludes halogenated alkanes) is 1. The summed E-state index contributed by atoms with van der Waals surface area (Å²) in [6.45, 7) is 12.8. The van der Waals surface area contributed by atoms with Gasteiger partial charge in [-0.3, -0.25) is 57.5 Å². The Hall–Kier alpha value is -12.2. The molecule has 0 bridgehead atoms. The Morgan fingerprint density at radius 1 is 0.679 bits per heavy atom. The molecule has 602 valence electrons. The van der Waals surface area contributed by atoms with Gasteiger partial charge in [0, 0.05) is 55.6 Å². The van der Waals surface area contributed by atoms with Crippen LogP contribution in [0, 0.1) is 25.1 Å². The van der Waals surface area contributed by atoms with E-state index in [0.29, 0.717) is 68.7 Å². The fraction of sp³-hybridized carbons (Fsp3) is 0.467. The molecule has 0 unspecified atom stereocenters. The van der Waals surface area contributed by atoms with Gasteiger partial charge in [0.15, 0.2) is 5.82 Å². The predicted octanol–water partition coefficient (Wildman–Crippen LogP) is 0.940. The number of carbonyl (C=O) groups excluding carboxylic acids is 11. The fourth-order valence-electron chi connectivity index (χ4n) is 11.9. The Morgan fingerprint density at radius 3 is 1.96 bits per heavy atom. The minimum Gasteiger partial charge on any atom is -0.494 e. The number of H-pyrrole nitrogens is 2.